The van der Waals surface area contributed by atoms with E-state index in [-0.39, 0.29) is 31.8 Å². The van der Waals surface area contributed by atoms with Crippen molar-refractivity contribution in [3.8, 4) is 0 Å². The zero-order valence-corrected chi connectivity index (χ0v) is 15.4. The Morgan fingerprint density at radius 2 is 1.93 bits per heavy atom. The molecule has 3 amide bonds. The lowest BCUT2D eigenvalue weighted by Gasteiger charge is -2.24. The predicted molar refractivity (Wildman–Crippen MR) is 95.5 cm³/mol. The molecule has 1 fully saturated rings. The Kier molecular flexibility index (Phi) is 6.92. The topological polar surface area (TPSA) is 113 Å². The molecule has 0 radical (unpaired) electrons. The van der Waals surface area contributed by atoms with Gasteiger partial charge in [0.05, 0.1) is 0 Å². The Hall–Kier alpha value is -2.90. The normalized spacial score (nSPS) is 17.7. The Morgan fingerprint density at radius 3 is 2.52 bits per heavy atom. The first-order valence-corrected chi connectivity index (χ1v) is 8.85. The average molecular weight is 376 g/mol. The number of amides is 3. The van der Waals surface area contributed by atoms with Gasteiger partial charge in [0.1, 0.15) is 18.7 Å². The molecule has 1 aromatic carbocycles. The van der Waals surface area contributed by atoms with E-state index in [9.17, 15) is 24.3 Å². The summed E-state index contributed by atoms with van der Waals surface area (Å²) in [5.41, 5.74) is 0.751. The number of carbonyl (C=O) groups excluding carboxylic acids is 3. The predicted octanol–water partition coefficient (Wildman–Crippen LogP) is 1.93. The largest absolute Gasteiger partial charge is 0.480 e. The van der Waals surface area contributed by atoms with Crippen LogP contribution in [0.25, 0.3) is 0 Å². The van der Waals surface area contributed by atoms with Crippen LogP contribution < -0.4 is 5.32 Å². The van der Waals surface area contributed by atoms with Crippen LogP contribution in [0.5, 0.6) is 0 Å². The number of benzene rings is 1. The lowest BCUT2D eigenvalue weighted by atomic mass is 10.0. The second kappa shape index (κ2) is 9.16. The summed E-state index contributed by atoms with van der Waals surface area (Å²) in [7, 11) is 0. The first-order valence-electron chi connectivity index (χ1n) is 8.85. The minimum absolute atomic E-state index is 0.0249. The maximum absolute atomic E-state index is 12.5. The highest BCUT2D eigenvalue weighted by atomic mass is 16.6. The second-order valence-electron chi connectivity index (χ2n) is 6.89. The van der Waals surface area contributed by atoms with Gasteiger partial charge in [-0.25, -0.2) is 14.5 Å². The van der Waals surface area contributed by atoms with Crippen LogP contribution >= 0.6 is 0 Å². The third-order valence-corrected chi connectivity index (χ3v) is 4.24. The molecule has 8 heteroatoms. The molecule has 27 heavy (non-hydrogen) atoms. The number of rotatable bonds is 7. The standard InChI is InChI=1S/C19H24N2O6/c1-12(2)10-14(18(24)25)20-17(23)15-8-9-16(22)21(15)19(26)27-11-13-6-4-3-5-7-13/h3-7,12,14-15H,8-11H2,1-2H3,(H,20,23)(H,24,25)/t14-,15-/m0/s1. The number of likely N-dealkylation sites (tertiary alicyclic amines) is 1. The van der Waals surface area contributed by atoms with E-state index in [0.717, 1.165) is 10.5 Å². The number of imide groups is 1. The van der Waals surface area contributed by atoms with E-state index < -0.39 is 36.0 Å². The van der Waals surface area contributed by atoms with Gasteiger partial charge in [-0.1, -0.05) is 44.2 Å². The number of nitrogens with one attached hydrogen (secondary N) is 1. The van der Waals surface area contributed by atoms with Crippen molar-refractivity contribution in [1.82, 2.24) is 10.2 Å². The van der Waals surface area contributed by atoms with E-state index in [4.69, 9.17) is 4.74 Å². The van der Waals surface area contributed by atoms with Crippen molar-refractivity contribution in [1.29, 1.82) is 0 Å². The molecule has 8 nitrogen and oxygen atoms in total. The third kappa shape index (κ3) is 5.54. The number of carbonyl (C=O) groups is 4. The summed E-state index contributed by atoms with van der Waals surface area (Å²) in [4.78, 5) is 49.0. The molecule has 0 saturated carbocycles. The SMILES string of the molecule is CC(C)C[C@H](NC(=O)[C@@H]1CCC(=O)N1C(=O)OCc1ccccc1)C(=O)O. The smallest absolute Gasteiger partial charge is 0.417 e. The molecule has 1 saturated heterocycles. The maximum atomic E-state index is 12.5. The number of carboxylic acid groups (broad SMARTS) is 1. The number of ether oxygens (including phenoxy) is 1. The van der Waals surface area contributed by atoms with Crippen LogP contribution in [0.15, 0.2) is 30.3 Å². The molecule has 0 spiro atoms. The number of hydrogen-bond acceptors (Lipinski definition) is 5. The van der Waals surface area contributed by atoms with Crippen molar-refractivity contribution < 1.29 is 29.0 Å². The Morgan fingerprint density at radius 1 is 1.26 bits per heavy atom. The van der Waals surface area contributed by atoms with Crippen molar-refractivity contribution in [2.24, 2.45) is 5.92 Å². The molecular weight excluding hydrogens is 352 g/mol. The fraction of sp³-hybridized carbons (Fsp3) is 0.474. The van der Waals surface area contributed by atoms with Crippen molar-refractivity contribution in [2.45, 2.75) is 51.8 Å². The molecular formula is C19H24N2O6. The molecule has 1 aromatic rings. The molecule has 0 bridgehead atoms. The minimum Gasteiger partial charge on any atom is -0.480 e. The zero-order chi connectivity index (χ0) is 20.0. The van der Waals surface area contributed by atoms with Gasteiger partial charge in [-0.2, -0.15) is 0 Å². The Balaban J connectivity index is 2.02. The molecule has 1 aliphatic heterocycles. The minimum atomic E-state index is -1.15. The van der Waals surface area contributed by atoms with Crippen molar-refractivity contribution >= 4 is 23.9 Å². The Labute approximate surface area is 157 Å². The number of carboxylic acids is 1. The molecule has 0 aliphatic carbocycles. The highest BCUT2D eigenvalue weighted by Gasteiger charge is 2.42. The van der Waals surface area contributed by atoms with Gasteiger partial charge in [-0.05, 0) is 24.3 Å². The van der Waals surface area contributed by atoms with Crippen LogP contribution in [0.3, 0.4) is 0 Å². The fourth-order valence-corrected chi connectivity index (χ4v) is 2.91. The summed E-state index contributed by atoms with van der Waals surface area (Å²) < 4.78 is 5.15. The molecule has 146 valence electrons. The Bertz CT molecular complexity index is 703. The lowest BCUT2D eigenvalue weighted by molar-refractivity contribution is -0.143. The third-order valence-electron chi connectivity index (χ3n) is 4.24. The molecule has 1 aliphatic rings. The van der Waals surface area contributed by atoms with Gasteiger partial charge in [0.2, 0.25) is 11.8 Å². The van der Waals surface area contributed by atoms with E-state index in [2.05, 4.69) is 5.32 Å². The maximum Gasteiger partial charge on any atom is 0.417 e. The summed E-state index contributed by atoms with van der Waals surface area (Å²) in [5, 5.41) is 11.7. The van der Waals surface area contributed by atoms with Crippen molar-refractivity contribution in [2.75, 3.05) is 0 Å². The van der Waals surface area contributed by atoms with Crippen LogP contribution in [0.2, 0.25) is 0 Å². The molecule has 2 N–H and O–H groups in total. The molecule has 0 aromatic heterocycles. The molecule has 0 unspecified atom stereocenters. The monoisotopic (exact) mass is 376 g/mol. The van der Waals surface area contributed by atoms with Crippen LogP contribution in [-0.4, -0.2) is 46.0 Å². The van der Waals surface area contributed by atoms with Crippen molar-refractivity contribution in [3.05, 3.63) is 35.9 Å². The van der Waals surface area contributed by atoms with E-state index in [1.807, 2.05) is 19.9 Å². The zero-order valence-electron chi connectivity index (χ0n) is 15.4. The highest BCUT2D eigenvalue weighted by molar-refractivity contribution is 6.01. The van der Waals surface area contributed by atoms with E-state index in [1.165, 1.54) is 0 Å². The van der Waals surface area contributed by atoms with Gasteiger partial charge >= 0.3 is 12.1 Å². The first kappa shape index (κ1) is 20.4. The van der Waals surface area contributed by atoms with Crippen LogP contribution in [0.1, 0.15) is 38.7 Å². The van der Waals surface area contributed by atoms with Crippen LogP contribution in [0, 0.1) is 5.92 Å². The number of nitrogens with zero attached hydrogens (tertiary/aromatic N) is 1. The number of hydrogen-bond donors (Lipinski definition) is 2. The summed E-state index contributed by atoms with van der Waals surface area (Å²) in [6.45, 7) is 3.66. The summed E-state index contributed by atoms with van der Waals surface area (Å²) >= 11 is 0. The van der Waals surface area contributed by atoms with Gasteiger partial charge in [0.15, 0.2) is 0 Å². The quantitative estimate of drug-likeness (QED) is 0.752. The van der Waals surface area contributed by atoms with E-state index in [1.54, 1.807) is 24.3 Å². The van der Waals surface area contributed by atoms with Crippen molar-refractivity contribution in [3.63, 3.8) is 0 Å². The first-order chi connectivity index (χ1) is 12.8. The van der Waals surface area contributed by atoms with Gasteiger partial charge in [-0.15, -0.1) is 0 Å². The molecule has 1 heterocycles. The van der Waals surface area contributed by atoms with E-state index in [0.29, 0.717) is 0 Å². The summed E-state index contributed by atoms with van der Waals surface area (Å²) in [6.07, 6.45) is -0.489. The van der Waals surface area contributed by atoms with Gasteiger partial charge in [0.25, 0.3) is 0 Å². The van der Waals surface area contributed by atoms with Gasteiger partial charge in [-0.3, -0.25) is 9.59 Å². The lowest BCUT2D eigenvalue weighted by Crippen LogP contribution is -2.52. The molecule has 2 atom stereocenters. The average Bonchev–Trinajstić information content (AvgIpc) is 3.01. The fourth-order valence-electron chi connectivity index (χ4n) is 2.91. The van der Waals surface area contributed by atoms with Gasteiger partial charge in [0, 0.05) is 6.42 Å². The van der Waals surface area contributed by atoms with Crippen LogP contribution in [-0.2, 0) is 25.7 Å². The number of aliphatic carboxylic acids is 1. The van der Waals surface area contributed by atoms with Crippen LogP contribution in [0.4, 0.5) is 4.79 Å². The molecule has 2 rings (SSSR count). The van der Waals surface area contributed by atoms with E-state index >= 15 is 0 Å². The van der Waals surface area contributed by atoms with Gasteiger partial charge < -0.3 is 15.2 Å². The highest BCUT2D eigenvalue weighted by Crippen LogP contribution is 2.21. The summed E-state index contributed by atoms with van der Waals surface area (Å²) in [5.74, 6) is -2.27. The second-order valence-corrected chi connectivity index (χ2v) is 6.89. The summed E-state index contributed by atoms with van der Waals surface area (Å²) in [6, 6.07) is 6.82.